The quantitative estimate of drug-likeness (QED) is 0.839. The number of likely N-dealkylation sites (N-methyl/N-ethyl adjacent to an activating group) is 1. The van der Waals surface area contributed by atoms with Crippen LogP contribution in [0.15, 0.2) is 18.2 Å². The predicted octanol–water partition coefficient (Wildman–Crippen LogP) is 1.10. The predicted molar refractivity (Wildman–Crippen MR) is 72.1 cm³/mol. The molecule has 1 saturated heterocycles. The average Bonchev–Trinajstić information content (AvgIpc) is 2.39. The summed E-state index contributed by atoms with van der Waals surface area (Å²) in [7, 11) is 3.80. The van der Waals surface area contributed by atoms with Gasteiger partial charge in [0.15, 0.2) is 0 Å². The molecule has 0 unspecified atom stereocenters. The molecule has 0 radical (unpaired) electrons. The summed E-state index contributed by atoms with van der Waals surface area (Å²) in [5, 5.41) is 13.5. The van der Waals surface area contributed by atoms with Crippen molar-refractivity contribution in [3.8, 4) is 0 Å². The number of aromatic nitrogens is 1. The molecule has 0 amide bonds. The molecule has 0 saturated carbocycles. The Balaban J connectivity index is 2.03. The molecule has 1 aliphatic heterocycles. The van der Waals surface area contributed by atoms with Crippen molar-refractivity contribution in [3.05, 3.63) is 18.2 Å². The lowest BCUT2D eigenvalue weighted by Gasteiger charge is -2.35. The van der Waals surface area contributed by atoms with Crippen LogP contribution in [0.5, 0.6) is 0 Å². The standard InChI is InChI=1S/C13H21N3O2/c1-14-11-4-3-5-12(15-11)16(2)10-13(17)6-8-18-9-7-13/h3-5,17H,6-10H2,1-2H3,(H,14,15). The molecule has 1 aromatic heterocycles. The summed E-state index contributed by atoms with van der Waals surface area (Å²) in [4.78, 5) is 6.45. The summed E-state index contributed by atoms with van der Waals surface area (Å²) in [6.45, 7) is 1.85. The minimum atomic E-state index is -0.662. The first-order valence-electron chi connectivity index (χ1n) is 6.29. The Morgan fingerprint density at radius 1 is 1.44 bits per heavy atom. The van der Waals surface area contributed by atoms with Gasteiger partial charge in [0, 0.05) is 46.7 Å². The lowest BCUT2D eigenvalue weighted by atomic mass is 9.94. The maximum absolute atomic E-state index is 10.5. The van der Waals surface area contributed by atoms with Gasteiger partial charge < -0.3 is 20.1 Å². The number of nitrogens with zero attached hydrogens (tertiary/aromatic N) is 2. The lowest BCUT2D eigenvalue weighted by Crippen LogP contribution is -2.46. The van der Waals surface area contributed by atoms with Crippen molar-refractivity contribution in [1.29, 1.82) is 0 Å². The van der Waals surface area contributed by atoms with Gasteiger partial charge in [0.2, 0.25) is 0 Å². The molecule has 2 heterocycles. The molecular weight excluding hydrogens is 230 g/mol. The molecule has 18 heavy (non-hydrogen) atoms. The molecule has 1 aromatic rings. The number of aliphatic hydroxyl groups is 1. The molecule has 1 aliphatic rings. The topological polar surface area (TPSA) is 57.6 Å². The number of pyridine rings is 1. The Hall–Kier alpha value is -1.33. The number of ether oxygens (including phenoxy) is 1. The van der Waals surface area contributed by atoms with Gasteiger partial charge in [0.1, 0.15) is 11.6 Å². The second kappa shape index (κ2) is 5.54. The van der Waals surface area contributed by atoms with Crippen molar-refractivity contribution in [1.82, 2.24) is 4.98 Å². The largest absolute Gasteiger partial charge is 0.388 e. The maximum Gasteiger partial charge on any atom is 0.130 e. The fraction of sp³-hybridized carbons (Fsp3) is 0.615. The average molecular weight is 251 g/mol. The van der Waals surface area contributed by atoms with Crippen LogP contribution in [0.2, 0.25) is 0 Å². The summed E-state index contributed by atoms with van der Waals surface area (Å²) < 4.78 is 5.28. The number of rotatable bonds is 4. The lowest BCUT2D eigenvalue weighted by molar-refractivity contribution is -0.0573. The normalized spacial score (nSPS) is 18.4. The minimum absolute atomic E-state index is 0.580. The summed E-state index contributed by atoms with van der Waals surface area (Å²) in [5.74, 6) is 1.69. The highest BCUT2D eigenvalue weighted by molar-refractivity contribution is 5.46. The third-order valence-corrected chi connectivity index (χ3v) is 3.34. The second-order valence-corrected chi connectivity index (χ2v) is 4.82. The van der Waals surface area contributed by atoms with Gasteiger partial charge in [-0.15, -0.1) is 0 Å². The van der Waals surface area contributed by atoms with Crippen LogP contribution >= 0.6 is 0 Å². The third kappa shape index (κ3) is 3.11. The number of anilines is 2. The van der Waals surface area contributed by atoms with Crippen LogP contribution in [0, 0.1) is 0 Å². The zero-order chi connectivity index (χ0) is 13.0. The van der Waals surface area contributed by atoms with Crippen LogP contribution in [0.3, 0.4) is 0 Å². The zero-order valence-corrected chi connectivity index (χ0v) is 11.0. The van der Waals surface area contributed by atoms with E-state index < -0.39 is 5.60 Å². The first kappa shape index (κ1) is 13.1. The molecule has 0 bridgehead atoms. The van der Waals surface area contributed by atoms with Gasteiger partial charge in [-0.2, -0.15) is 0 Å². The van der Waals surface area contributed by atoms with Crippen molar-refractivity contribution < 1.29 is 9.84 Å². The smallest absolute Gasteiger partial charge is 0.130 e. The zero-order valence-electron chi connectivity index (χ0n) is 11.0. The Morgan fingerprint density at radius 3 is 2.83 bits per heavy atom. The monoisotopic (exact) mass is 251 g/mol. The molecular formula is C13H21N3O2. The highest BCUT2D eigenvalue weighted by Gasteiger charge is 2.31. The summed E-state index contributed by atoms with van der Waals surface area (Å²) >= 11 is 0. The van der Waals surface area contributed by atoms with Gasteiger partial charge in [-0.25, -0.2) is 4.98 Å². The highest BCUT2D eigenvalue weighted by Crippen LogP contribution is 2.23. The van der Waals surface area contributed by atoms with Crippen LogP contribution in [0.1, 0.15) is 12.8 Å². The van der Waals surface area contributed by atoms with E-state index >= 15 is 0 Å². The number of hydrogen-bond acceptors (Lipinski definition) is 5. The second-order valence-electron chi connectivity index (χ2n) is 4.82. The highest BCUT2D eigenvalue weighted by atomic mass is 16.5. The molecule has 5 heteroatoms. The first-order valence-corrected chi connectivity index (χ1v) is 6.29. The fourth-order valence-corrected chi connectivity index (χ4v) is 2.21. The molecule has 2 N–H and O–H groups in total. The SMILES string of the molecule is CNc1cccc(N(C)CC2(O)CCOCC2)n1. The summed E-state index contributed by atoms with van der Waals surface area (Å²) in [6, 6.07) is 5.82. The molecule has 1 fully saturated rings. The van der Waals surface area contributed by atoms with Crippen molar-refractivity contribution in [2.24, 2.45) is 0 Å². The van der Waals surface area contributed by atoms with Crippen molar-refractivity contribution in [2.75, 3.05) is 44.1 Å². The van der Waals surface area contributed by atoms with Gasteiger partial charge in [-0.1, -0.05) is 6.07 Å². The third-order valence-electron chi connectivity index (χ3n) is 3.34. The van der Waals surface area contributed by atoms with E-state index in [1.54, 1.807) is 0 Å². The van der Waals surface area contributed by atoms with Crippen LogP contribution in [-0.2, 0) is 4.74 Å². The Bertz CT molecular complexity index is 392. The first-order chi connectivity index (χ1) is 8.63. The van der Waals surface area contributed by atoms with Crippen LogP contribution in [0.4, 0.5) is 11.6 Å². The van der Waals surface area contributed by atoms with E-state index in [2.05, 4.69) is 10.3 Å². The van der Waals surface area contributed by atoms with E-state index in [1.807, 2.05) is 37.2 Å². The van der Waals surface area contributed by atoms with Crippen molar-refractivity contribution in [2.45, 2.75) is 18.4 Å². The summed E-state index contributed by atoms with van der Waals surface area (Å²) in [5.41, 5.74) is -0.662. The maximum atomic E-state index is 10.5. The van der Waals surface area contributed by atoms with Crippen LogP contribution < -0.4 is 10.2 Å². The van der Waals surface area contributed by atoms with Crippen LogP contribution in [-0.4, -0.2) is 49.5 Å². The number of hydrogen-bond donors (Lipinski definition) is 2. The van der Waals surface area contributed by atoms with Crippen molar-refractivity contribution >= 4 is 11.6 Å². The van der Waals surface area contributed by atoms with Gasteiger partial charge >= 0.3 is 0 Å². The molecule has 0 atom stereocenters. The molecule has 100 valence electrons. The molecule has 2 rings (SSSR count). The van der Waals surface area contributed by atoms with Gasteiger partial charge in [0.05, 0.1) is 5.60 Å². The minimum Gasteiger partial charge on any atom is -0.388 e. The Morgan fingerprint density at radius 2 is 2.17 bits per heavy atom. The molecule has 0 aromatic carbocycles. The molecule has 0 spiro atoms. The molecule has 0 aliphatic carbocycles. The van der Waals surface area contributed by atoms with Gasteiger partial charge in [-0.3, -0.25) is 0 Å². The Kier molecular flexibility index (Phi) is 4.04. The molecule has 5 nitrogen and oxygen atoms in total. The van der Waals surface area contributed by atoms with Gasteiger partial charge in [-0.05, 0) is 12.1 Å². The number of nitrogens with one attached hydrogen (secondary N) is 1. The summed E-state index contributed by atoms with van der Waals surface area (Å²) in [6.07, 6.45) is 1.37. The fourth-order valence-electron chi connectivity index (χ4n) is 2.21. The van der Waals surface area contributed by atoms with E-state index in [0.717, 1.165) is 11.6 Å². The van der Waals surface area contributed by atoms with E-state index in [1.165, 1.54) is 0 Å². The van der Waals surface area contributed by atoms with E-state index in [9.17, 15) is 5.11 Å². The Labute approximate surface area is 108 Å². The van der Waals surface area contributed by atoms with Crippen LogP contribution in [0.25, 0.3) is 0 Å². The van der Waals surface area contributed by atoms with E-state index in [4.69, 9.17) is 4.74 Å². The van der Waals surface area contributed by atoms with Gasteiger partial charge in [0.25, 0.3) is 0 Å². The van der Waals surface area contributed by atoms with Crippen molar-refractivity contribution in [3.63, 3.8) is 0 Å². The van der Waals surface area contributed by atoms with E-state index in [0.29, 0.717) is 32.6 Å². The van der Waals surface area contributed by atoms with E-state index in [-0.39, 0.29) is 0 Å².